The first-order chi connectivity index (χ1) is 20.3. The van der Waals surface area contributed by atoms with Crippen molar-refractivity contribution in [3.05, 3.63) is 72.5 Å². The third-order valence-corrected chi connectivity index (χ3v) is 10.8. The van der Waals surface area contributed by atoms with Gasteiger partial charge in [-0.3, -0.25) is 0 Å². The van der Waals surface area contributed by atoms with E-state index >= 15 is 0 Å². The lowest BCUT2D eigenvalue weighted by molar-refractivity contribution is 0.445. The molecule has 0 unspecified atom stereocenters. The molecule has 42 heavy (non-hydrogen) atoms. The summed E-state index contributed by atoms with van der Waals surface area (Å²) in [6, 6.07) is 10.4. The van der Waals surface area contributed by atoms with E-state index in [0.717, 1.165) is 66.3 Å². The van der Waals surface area contributed by atoms with Crippen molar-refractivity contribution in [3.63, 3.8) is 0 Å². The van der Waals surface area contributed by atoms with Gasteiger partial charge in [0.2, 0.25) is 0 Å². The molecular weight excluding hydrogens is 707 g/mol. The average Bonchev–Trinajstić information content (AvgIpc) is 3.68. The van der Waals surface area contributed by atoms with Gasteiger partial charge in [0.25, 0.3) is 0 Å². The molecule has 3 nitrogen and oxygen atoms in total. The highest BCUT2D eigenvalue weighted by molar-refractivity contribution is 9.11. The Morgan fingerprint density at radius 3 is 1.55 bits per heavy atom. The summed E-state index contributed by atoms with van der Waals surface area (Å²) in [6.07, 6.45) is 11.2. The minimum atomic E-state index is -1.51. The lowest BCUT2D eigenvalue weighted by Gasteiger charge is -2.08. The van der Waals surface area contributed by atoms with E-state index in [2.05, 4.69) is 70.0 Å². The number of aryl methyl sites for hydroxylation is 2. The van der Waals surface area contributed by atoms with Gasteiger partial charge in [0.1, 0.15) is 11.0 Å². The van der Waals surface area contributed by atoms with Crippen LogP contribution in [0, 0.1) is 17.5 Å². The van der Waals surface area contributed by atoms with E-state index in [1.165, 1.54) is 54.4 Å². The standard InChI is InChI=1S/C32H32Br2F3N3S2/c1-3-5-7-9-11-19-15-26(33)41-31(19)22-13-14-23(32-20(16-27(34)42-32)12-10-8-6-4-2)30-29(22)38-40(39-30)21-17-24(35)28(37)25(36)18-21/h13-18H,3-12H2,1-2H3. The molecule has 222 valence electrons. The zero-order valence-electron chi connectivity index (χ0n) is 23.6. The first-order valence-corrected chi connectivity index (χ1v) is 17.6. The summed E-state index contributed by atoms with van der Waals surface area (Å²) in [5.41, 5.74) is 5.63. The molecule has 0 aliphatic rings. The molecule has 0 saturated carbocycles. The number of unbranched alkanes of at least 4 members (excludes halogenated alkanes) is 6. The molecule has 0 atom stereocenters. The van der Waals surface area contributed by atoms with Crippen molar-refractivity contribution in [3.8, 4) is 26.6 Å². The number of benzene rings is 2. The fraction of sp³-hybridized carbons (Fsp3) is 0.375. The molecule has 10 heteroatoms. The Labute approximate surface area is 269 Å². The molecule has 0 fully saturated rings. The van der Waals surface area contributed by atoms with Gasteiger partial charge in [-0.1, -0.05) is 64.5 Å². The van der Waals surface area contributed by atoms with Crippen LogP contribution in [-0.4, -0.2) is 15.0 Å². The molecular formula is C32H32Br2F3N3S2. The maximum atomic E-state index is 14.2. The Morgan fingerprint density at radius 1 is 0.667 bits per heavy atom. The van der Waals surface area contributed by atoms with Crippen molar-refractivity contribution in [2.45, 2.75) is 78.1 Å². The van der Waals surface area contributed by atoms with Crippen LogP contribution in [0.4, 0.5) is 13.2 Å². The highest BCUT2D eigenvalue weighted by atomic mass is 79.9. The van der Waals surface area contributed by atoms with E-state index in [9.17, 15) is 13.2 Å². The van der Waals surface area contributed by atoms with Crippen molar-refractivity contribution in [2.24, 2.45) is 0 Å². The molecule has 2 aromatic carbocycles. The van der Waals surface area contributed by atoms with E-state index in [4.69, 9.17) is 10.2 Å². The van der Waals surface area contributed by atoms with E-state index in [0.29, 0.717) is 11.0 Å². The first-order valence-electron chi connectivity index (χ1n) is 14.4. The topological polar surface area (TPSA) is 30.7 Å². The van der Waals surface area contributed by atoms with Gasteiger partial charge in [0.05, 0.1) is 13.3 Å². The predicted octanol–water partition coefficient (Wildman–Crippen LogP) is 12.1. The van der Waals surface area contributed by atoms with Crippen molar-refractivity contribution in [1.82, 2.24) is 15.0 Å². The molecule has 0 amide bonds. The van der Waals surface area contributed by atoms with E-state index in [1.54, 1.807) is 22.7 Å². The molecule has 5 rings (SSSR count). The number of hydrogen-bond acceptors (Lipinski definition) is 4. The van der Waals surface area contributed by atoms with Crippen molar-refractivity contribution < 1.29 is 13.2 Å². The largest absolute Gasteiger partial charge is 0.204 e. The minimum absolute atomic E-state index is 0.0267. The maximum Gasteiger partial charge on any atom is 0.194 e. The molecule has 0 radical (unpaired) electrons. The van der Waals surface area contributed by atoms with Crippen LogP contribution in [0.1, 0.15) is 76.3 Å². The van der Waals surface area contributed by atoms with E-state index < -0.39 is 17.5 Å². The van der Waals surface area contributed by atoms with Crippen LogP contribution >= 0.6 is 54.5 Å². The zero-order valence-corrected chi connectivity index (χ0v) is 28.4. The van der Waals surface area contributed by atoms with Crippen LogP contribution in [0.15, 0.2) is 44.0 Å². The van der Waals surface area contributed by atoms with Crippen LogP contribution in [0.2, 0.25) is 0 Å². The SMILES string of the molecule is CCCCCCc1cc(Br)sc1-c1ccc(-c2sc(Br)cc2CCCCCC)c2nn(-c3cc(F)c(F)c(F)c3)nc12. The summed E-state index contributed by atoms with van der Waals surface area (Å²) in [5.74, 6) is -4.07. The van der Waals surface area contributed by atoms with Gasteiger partial charge in [0, 0.05) is 33.0 Å². The Morgan fingerprint density at radius 2 is 1.12 bits per heavy atom. The number of thiophene rings is 2. The summed E-state index contributed by atoms with van der Waals surface area (Å²) < 4.78 is 44.3. The van der Waals surface area contributed by atoms with Gasteiger partial charge in [0.15, 0.2) is 17.5 Å². The number of nitrogens with zero attached hydrogens (tertiary/aromatic N) is 3. The highest BCUT2D eigenvalue weighted by Crippen LogP contribution is 2.44. The van der Waals surface area contributed by atoms with Crippen LogP contribution in [-0.2, 0) is 12.8 Å². The second kappa shape index (κ2) is 14.2. The van der Waals surface area contributed by atoms with Gasteiger partial charge < -0.3 is 0 Å². The second-order valence-corrected chi connectivity index (χ2v) is 15.4. The lowest BCUT2D eigenvalue weighted by atomic mass is 9.99. The van der Waals surface area contributed by atoms with Crippen molar-refractivity contribution >= 4 is 65.6 Å². The molecule has 3 heterocycles. The summed E-state index contributed by atoms with van der Waals surface area (Å²) in [7, 11) is 0. The lowest BCUT2D eigenvalue weighted by Crippen LogP contribution is -2.02. The van der Waals surface area contributed by atoms with Gasteiger partial charge in [-0.2, -0.15) is 4.80 Å². The smallest absolute Gasteiger partial charge is 0.194 e. The number of rotatable bonds is 13. The van der Waals surface area contributed by atoms with Crippen LogP contribution < -0.4 is 0 Å². The third kappa shape index (κ3) is 6.87. The van der Waals surface area contributed by atoms with Crippen molar-refractivity contribution in [2.75, 3.05) is 0 Å². The third-order valence-electron chi connectivity index (χ3n) is 7.39. The van der Waals surface area contributed by atoms with Crippen molar-refractivity contribution in [1.29, 1.82) is 0 Å². The second-order valence-electron chi connectivity index (χ2n) is 10.5. The molecule has 0 N–H and O–H groups in total. The summed E-state index contributed by atoms with van der Waals surface area (Å²) >= 11 is 10.7. The quantitative estimate of drug-likeness (QED) is 0.0889. The summed E-state index contributed by atoms with van der Waals surface area (Å²) in [4.78, 5) is 3.42. The van der Waals surface area contributed by atoms with E-state index in [1.807, 2.05) is 0 Å². The number of fused-ring (bicyclic) bond motifs is 1. The fourth-order valence-electron chi connectivity index (χ4n) is 5.24. The minimum Gasteiger partial charge on any atom is -0.204 e. The highest BCUT2D eigenvalue weighted by Gasteiger charge is 2.23. The van der Waals surface area contributed by atoms with Gasteiger partial charge in [-0.05, 0) is 80.8 Å². The monoisotopic (exact) mass is 737 g/mol. The summed E-state index contributed by atoms with van der Waals surface area (Å²) in [6.45, 7) is 4.41. The van der Waals surface area contributed by atoms with Crippen LogP contribution in [0.3, 0.4) is 0 Å². The Hall–Kier alpha value is -2.01. The molecule has 3 aromatic heterocycles. The maximum absolute atomic E-state index is 14.2. The van der Waals surface area contributed by atoms with Gasteiger partial charge in [-0.15, -0.1) is 32.9 Å². The summed E-state index contributed by atoms with van der Waals surface area (Å²) in [5, 5.41) is 9.55. The molecule has 0 saturated heterocycles. The first kappa shape index (κ1) is 31.4. The van der Waals surface area contributed by atoms with Gasteiger partial charge >= 0.3 is 0 Å². The van der Waals surface area contributed by atoms with Crippen LogP contribution in [0.25, 0.3) is 37.6 Å². The molecule has 0 aliphatic carbocycles. The Kier molecular flexibility index (Phi) is 10.6. The zero-order chi connectivity index (χ0) is 29.8. The number of aromatic nitrogens is 3. The Bertz CT molecular complexity index is 1580. The molecule has 5 aromatic rings. The average molecular weight is 740 g/mol. The molecule has 0 spiro atoms. The van der Waals surface area contributed by atoms with Gasteiger partial charge in [-0.25, -0.2) is 13.2 Å². The normalized spacial score (nSPS) is 11.7. The van der Waals surface area contributed by atoms with Crippen LogP contribution in [0.5, 0.6) is 0 Å². The predicted molar refractivity (Wildman–Crippen MR) is 176 cm³/mol. The molecule has 0 aliphatic heterocycles. The fourth-order valence-corrected chi connectivity index (χ4v) is 8.69. The Balaban J connectivity index is 1.66. The molecule has 0 bridgehead atoms. The van der Waals surface area contributed by atoms with E-state index in [-0.39, 0.29) is 5.69 Å². The number of hydrogen-bond donors (Lipinski definition) is 0. The number of halogens is 5.